The van der Waals surface area contributed by atoms with E-state index in [9.17, 15) is 9.90 Å². The first-order chi connectivity index (χ1) is 12.7. The van der Waals surface area contributed by atoms with Gasteiger partial charge in [-0.05, 0) is 12.1 Å². The van der Waals surface area contributed by atoms with E-state index in [1.807, 2.05) is 42.5 Å². The molecule has 4 nitrogen and oxygen atoms in total. The highest BCUT2D eigenvalue weighted by Gasteiger charge is 2.25. The van der Waals surface area contributed by atoms with Crippen molar-refractivity contribution < 1.29 is 14.5 Å². The summed E-state index contributed by atoms with van der Waals surface area (Å²) in [7, 11) is 0. The van der Waals surface area contributed by atoms with E-state index in [0.717, 1.165) is 0 Å². The van der Waals surface area contributed by atoms with E-state index >= 15 is 0 Å². The molecule has 1 amide bonds. The average Bonchev–Trinajstić information content (AvgIpc) is 2.70. The molecule has 0 fully saturated rings. The van der Waals surface area contributed by atoms with Crippen LogP contribution in [-0.4, -0.2) is 16.0 Å². The van der Waals surface area contributed by atoms with Crippen LogP contribution >= 0.6 is 12.2 Å². The van der Waals surface area contributed by atoms with E-state index in [1.165, 1.54) is 0 Å². The molecule has 2 N–H and O–H groups in total. The van der Waals surface area contributed by atoms with Gasteiger partial charge in [-0.1, -0.05) is 66.8 Å². The fraction of sp³-hybridized carbons (Fsp3) is 0. The number of nitrogens with one attached hydrogen (secondary N) is 1. The number of nitrogens with zero attached hydrogens (tertiary/aromatic N) is 1. The monoisotopic (exact) mass is 361 g/mol. The molecule has 128 valence electrons. The van der Waals surface area contributed by atoms with Crippen LogP contribution in [0.1, 0.15) is 15.9 Å². The topological polar surface area (TPSA) is 53.2 Å². The number of amides is 1. The molecule has 0 saturated carbocycles. The Balaban J connectivity index is 1.99. The Morgan fingerprint density at radius 1 is 0.808 bits per heavy atom. The van der Waals surface area contributed by atoms with Gasteiger partial charge in [0.25, 0.3) is 11.6 Å². The van der Waals surface area contributed by atoms with Crippen LogP contribution < -0.4 is 9.88 Å². The molecule has 26 heavy (non-hydrogen) atoms. The molecule has 0 aliphatic heterocycles. The lowest BCUT2D eigenvalue weighted by atomic mass is 10.1. The van der Waals surface area contributed by atoms with Crippen molar-refractivity contribution in [3.8, 4) is 0 Å². The van der Waals surface area contributed by atoms with Crippen LogP contribution in [0.15, 0.2) is 91.3 Å². The highest BCUT2D eigenvalue weighted by Crippen LogP contribution is 2.16. The van der Waals surface area contributed by atoms with Crippen molar-refractivity contribution in [2.75, 3.05) is 0 Å². The maximum Gasteiger partial charge on any atom is 0.288 e. The number of benzene rings is 2. The Labute approximate surface area is 157 Å². The molecule has 0 saturated heterocycles. The quantitative estimate of drug-likeness (QED) is 0.323. The number of aliphatic hydroxyl groups is 1. The van der Waals surface area contributed by atoms with Crippen molar-refractivity contribution in [1.29, 1.82) is 0 Å². The second-order valence-electron chi connectivity index (χ2n) is 5.50. The van der Waals surface area contributed by atoms with E-state index in [0.29, 0.717) is 16.8 Å². The zero-order chi connectivity index (χ0) is 18.4. The van der Waals surface area contributed by atoms with Crippen molar-refractivity contribution in [3.63, 3.8) is 0 Å². The normalized spacial score (nSPS) is 11.4. The summed E-state index contributed by atoms with van der Waals surface area (Å²) in [6, 6.07) is 23.4. The van der Waals surface area contributed by atoms with Crippen LogP contribution in [0.5, 0.6) is 0 Å². The third-order valence-corrected chi connectivity index (χ3v) is 4.02. The first-order valence-electron chi connectivity index (χ1n) is 8.03. The molecule has 2 aromatic carbocycles. The molecule has 0 atom stereocenters. The van der Waals surface area contributed by atoms with Crippen LogP contribution in [0.25, 0.3) is 11.5 Å². The fourth-order valence-corrected chi connectivity index (χ4v) is 2.75. The van der Waals surface area contributed by atoms with Crippen LogP contribution in [0.2, 0.25) is 0 Å². The van der Waals surface area contributed by atoms with Crippen LogP contribution in [0.3, 0.4) is 0 Å². The molecule has 0 aliphatic rings. The fourth-order valence-electron chi connectivity index (χ4n) is 2.45. The molecule has 0 spiro atoms. The van der Waals surface area contributed by atoms with Crippen molar-refractivity contribution in [1.82, 2.24) is 5.32 Å². The van der Waals surface area contributed by atoms with Gasteiger partial charge in [-0.2, -0.15) is 4.57 Å². The molecule has 1 heterocycles. The number of hydrogen-bond acceptors (Lipinski definition) is 3. The van der Waals surface area contributed by atoms with Gasteiger partial charge in [0.05, 0.1) is 0 Å². The molecule has 1 aromatic heterocycles. The molecule has 3 rings (SSSR count). The smallest absolute Gasteiger partial charge is 0.288 e. The molecule has 0 unspecified atom stereocenters. The highest BCUT2D eigenvalue weighted by atomic mass is 32.1. The lowest BCUT2D eigenvalue weighted by Crippen LogP contribution is -2.42. The first-order valence-corrected chi connectivity index (χ1v) is 8.43. The zero-order valence-electron chi connectivity index (χ0n) is 13.9. The van der Waals surface area contributed by atoms with E-state index in [2.05, 4.69) is 5.32 Å². The van der Waals surface area contributed by atoms with Gasteiger partial charge in [0.2, 0.25) is 0 Å². The standard InChI is InChI=1S/C21H16N2O2S/c24-19(16-10-4-1-5-11-16)18(23-14-8-3-9-15-23)21(26)22-20(25)17-12-6-2-7-13-17/h1-15H,(H-,22,24,25,26)/p+1. The average molecular weight is 361 g/mol. The van der Waals surface area contributed by atoms with Gasteiger partial charge in [-0.3, -0.25) is 4.79 Å². The number of rotatable bonds is 4. The predicted molar refractivity (Wildman–Crippen MR) is 105 cm³/mol. The van der Waals surface area contributed by atoms with Crippen molar-refractivity contribution >= 4 is 34.6 Å². The van der Waals surface area contributed by atoms with Gasteiger partial charge >= 0.3 is 0 Å². The molecular weight excluding hydrogens is 344 g/mol. The molecule has 0 aliphatic carbocycles. The molecule has 5 heteroatoms. The van der Waals surface area contributed by atoms with Gasteiger partial charge in [0.15, 0.2) is 23.1 Å². The number of carbonyl (C=O) groups is 1. The minimum atomic E-state index is -0.328. The summed E-state index contributed by atoms with van der Waals surface area (Å²) in [5.74, 6) is -0.342. The third-order valence-electron chi connectivity index (χ3n) is 3.72. The maximum atomic E-state index is 12.4. The van der Waals surface area contributed by atoms with E-state index in [-0.39, 0.29) is 16.7 Å². The molecular formula is C21H17N2O2S+. The lowest BCUT2D eigenvalue weighted by molar-refractivity contribution is -0.576. The van der Waals surface area contributed by atoms with Crippen LogP contribution in [-0.2, 0) is 0 Å². The number of aliphatic hydroxyl groups excluding tert-OH is 1. The van der Waals surface area contributed by atoms with Gasteiger partial charge in [0, 0.05) is 23.3 Å². The summed E-state index contributed by atoms with van der Waals surface area (Å²) in [6.07, 6.45) is 3.52. The third kappa shape index (κ3) is 4.02. The minimum absolute atomic E-state index is 0.0137. The SMILES string of the molecule is O=C(NC(=S)/C(=C(/O)c1ccccc1)[n+]1ccccc1)c1ccccc1. The number of aromatic nitrogens is 1. The summed E-state index contributed by atoms with van der Waals surface area (Å²) in [5.41, 5.74) is 1.43. The van der Waals surface area contributed by atoms with Crippen molar-refractivity contribution in [2.24, 2.45) is 0 Å². The number of thiocarbonyl (C=S) groups is 1. The van der Waals surface area contributed by atoms with E-state index in [4.69, 9.17) is 12.2 Å². The number of hydrogen-bond donors (Lipinski definition) is 2. The predicted octanol–water partition coefficient (Wildman–Crippen LogP) is 3.62. The van der Waals surface area contributed by atoms with Gasteiger partial charge in [0.1, 0.15) is 0 Å². The number of carbonyl (C=O) groups excluding carboxylic acids is 1. The van der Waals surface area contributed by atoms with Gasteiger partial charge in [-0.25, -0.2) is 0 Å². The Bertz CT molecular complexity index is 940. The Hall–Kier alpha value is -3.31. The van der Waals surface area contributed by atoms with Crippen LogP contribution in [0, 0.1) is 0 Å². The second-order valence-corrected chi connectivity index (χ2v) is 5.90. The van der Waals surface area contributed by atoms with Crippen molar-refractivity contribution in [2.45, 2.75) is 0 Å². The van der Waals surface area contributed by atoms with Gasteiger partial charge < -0.3 is 10.4 Å². The second kappa shape index (κ2) is 8.18. The molecule has 3 aromatic rings. The lowest BCUT2D eigenvalue weighted by Gasteiger charge is -2.09. The summed E-state index contributed by atoms with van der Waals surface area (Å²) >= 11 is 5.44. The van der Waals surface area contributed by atoms with E-state index in [1.54, 1.807) is 53.4 Å². The summed E-state index contributed by atoms with van der Waals surface area (Å²) in [4.78, 5) is 12.6. The molecule has 0 bridgehead atoms. The van der Waals surface area contributed by atoms with E-state index < -0.39 is 0 Å². The Morgan fingerprint density at radius 2 is 1.31 bits per heavy atom. The Kier molecular flexibility index (Phi) is 5.51. The summed E-state index contributed by atoms with van der Waals surface area (Å²) in [6.45, 7) is 0. The first kappa shape index (κ1) is 17.5. The van der Waals surface area contributed by atoms with Crippen molar-refractivity contribution in [3.05, 3.63) is 102 Å². The Morgan fingerprint density at radius 3 is 1.88 bits per heavy atom. The van der Waals surface area contributed by atoms with Crippen LogP contribution in [0.4, 0.5) is 0 Å². The highest BCUT2D eigenvalue weighted by molar-refractivity contribution is 7.81. The summed E-state index contributed by atoms with van der Waals surface area (Å²) in [5, 5.41) is 13.5. The summed E-state index contributed by atoms with van der Waals surface area (Å²) < 4.78 is 1.68. The minimum Gasteiger partial charge on any atom is -0.502 e. The largest absolute Gasteiger partial charge is 0.502 e. The number of pyridine rings is 1. The van der Waals surface area contributed by atoms with Gasteiger partial charge in [-0.15, -0.1) is 0 Å². The zero-order valence-corrected chi connectivity index (χ0v) is 14.7. The molecule has 0 radical (unpaired) electrons. The maximum absolute atomic E-state index is 12.4.